The van der Waals surface area contributed by atoms with E-state index in [9.17, 15) is 4.79 Å². The zero-order valence-corrected chi connectivity index (χ0v) is 17.4. The maximum atomic E-state index is 12.7. The molecule has 0 bridgehead atoms. The number of carbonyl (C=O) groups excluding carboxylic acids is 1. The second-order valence-corrected chi connectivity index (χ2v) is 8.19. The van der Waals surface area contributed by atoms with Crippen LogP contribution in [0.1, 0.15) is 51.1 Å². The van der Waals surface area contributed by atoms with Gasteiger partial charge in [0, 0.05) is 50.6 Å². The van der Waals surface area contributed by atoms with Crippen molar-refractivity contribution in [2.75, 3.05) is 31.1 Å². The van der Waals surface area contributed by atoms with Crippen LogP contribution in [-0.4, -0.2) is 51.9 Å². The Hall–Kier alpha value is -2.50. The van der Waals surface area contributed by atoms with Crippen molar-refractivity contribution in [1.82, 2.24) is 19.9 Å². The number of nitrogens with zero attached hydrogens (tertiary/aromatic N) is 5. The second-order valence-electron chi connectivity index (χ2n) is 8.19. The number of amides is 1. The van der Waals surface area contributed by atoms with Crippen molar-refractivity contribution in [2.45, 2.75) is 51.9 Å². The molecule has 0 spiro atoms. The van der Waals surface area contributed by atoms with Gasteiger partial charge < -0.3 is 9.80 Å². The molecule has 1 saturated heterocycles. The number of hydrogen-bond donors (Lipinski definition) is 0. The standard InChI is InChI=1S/C23H31N5O/c1-2-19-17-21(26-23(25-19)20-10-6-7-11-24-20)27-12-14-28(15-13-27)22(29)16-18-8-4-3-5-9-18/h6-7,10-11,17-18H,2-5,8-9,12-16H2,1H3. The second kappa shape index (κ2) is 9.33. The van der Waals surface area contributed by atoms with E-state index in [1.165, 1.54) is 32.1 Å². The lowest BCUT2D eigenvalue weighted by atomic mass is 9.86. The van der Waals surface area contributed by atoms with Crippen LogP contribution in [-0.2, 0) is 11.2 Å². The topological polar surface area (TPSA) is 62.2 Å². The van der Waals surface area contributed by atoms with E-state index in [1.54, 1.807) is 6.20 Å². The van der Waals surface area contributed by atoms with E-state index in [0.717, 1.165) is 56.2 Å². The molecule has 2 aromatic heterocycles. The molecule has 1 aliphatic carbocycles. The van der Waals surface area contributed by atoms with E-state index in [2.05, 4.69) is 27.9 Å². The van der Waals surface area contributed by atoms with Crippen LogP contribution in [0, 0.1) is 5.92 Å². The molecule has 0 N–H and O–H groups in total. The number of piperazine rings is 1. The van der Waals surface area contributed by atoms with Gasteiger partial charge in [0.05, 0.1) is 0 Å². The third-order valence-corrected chi connectivity index (χ3v) is 6.17. The maximum absolute atomic E-state index is 12.7. The predicted molar refractivity (Wildman–Crippen MR) is 115 cm³/mol. The van der Waals surface area contributed by atoms with E-state index < -0.39 is 0 Å². The highest BCUT2D eigenvalue weighted by molar-refractivity contribution is 5.76. The number of carbonyl (C=O) groups is 1. The van der Waals surface area contributed by atoms with Crippen LogP contribution in [0.25, 0.3) is 11.5 Å². The third kappa shape index (κ3) is 4.92. The van der Waals surface area contributed by atoms with Gasteiger partial charge in [-0.15, -0.1) is 0 Å². The Morgan fingerprint density at radius 2 is 1.86 bits per heavy atom. The maximum Gasteiger partial charge on any atom is 0.222 e. The van der Waals surface area contributed by atoms with E-state index >= 15 is 0 Å². The molecule has 6 nitrogen and oxygen atoms in total. The fourth-order valence-electron chi connectivity index (χ4n) is 4.39. The van der Waals surface area contributed by atoms with Crippen molar-refractivity contribution >= 4 is 11.7 Å². The molecule has 0 atom stereocenters. The largest absolute Gasteiger partial charge is 0.353 e. The monoisotopic (exact) mass is 393 g/mol. The van der Waals surface area contributed by atoms with E-state index in [0.29, 0.717) is 17.6 Å². The van der Waals surface area contributed by atoms with Crippen molar-refractivity contribution in [3.8, 4) is 11.5 Å². The Kier molecular flexibility index (Phi) is 6.37. The normalized spacial score (nSPS) is 18.1. The zero-order chi connectivity index (χ0) is 20.1. The van der Waals surface area contributed by atoms with Crippen LogP contribution in [0.15, 0.2) is 30.5 Å². The van der Waals surface area contributed by atoms with Crippen LogP contribution >= 0.6 is 0 Å². The van der Waals surface area contributed by atoms with Gasteiger partial charge in [0.1, 0.15) is 11.5 Å². The van der Waals surface area contributed by atoms with Gasteiger partial charge in [-0.1, -0.05) is 32.3 Å². The van der Waals surface area contributed by atoms with Gasteiger partial charge in [-0.25, -0.2) is 9.97 Å². The summed E-state index contributed by atoms with van der Waals surface area (Å²) in [5, 5.41) is 0. The van der Waals surface area contributed by atoms with Gasteiger partial charge in [-0.05, 0) is 37.3 Å². The smallest absolute Gasteiger partial charge is 0.222 e. The minimum absolute atomic E-state index is 0.336. The first-order valence-corrected chi connectivity index (χ1v) is 11.0. The average Bonchev–Trinajstić information content (AvgIpc) is 2.80. The molecule has 2 fully saturated rings. The molecular formula is C23H31N5O. The number of pyridine rings is 1. The summed E-state index contributed by atoms with van der Waals surface area (Å²) < 4.78 is 0. The lowest BCUT2D eigenvalue weighted by Crippen LogP contribution is -2.49. The molecule has 1 amide bonds. The highest BCUT2D eigenvalue weighted by atomic mass is 16.2. The van der Waals surface area contributed by atoms with Crippen LogP contribution < -0.4 is 4.90 Å². The summed E-state index contributed by atoms with van der Waals surface area (Å²) in [5.74, 6) is 2.56. The number of rotatable bonds is 5. The Morgan fingerprint density at radius 3 is 2.55 bits per heavy atom. The first-order valence-electron chi connectivity index (χ1n) is 11.0. The number of aromatic nitrogens is 3. The third-order valence-electron chi connectivity index (χ3n) is 6.17. The van der Waals surface area contributed by atoms with E-state index in [4.69, 9.17) is 4.98 Å². The zero-order valence-electron chi connectivity index (χ0n) is 17.4. The highest BCUT2D eigenvalue weighted by Gasteiger charge is 2.25. The van der Waals surface area contributed by atoms with Crippen molar-refractivity contribution < 1.29 is 4.79 Å². The molecule has 6 heteroatoms. The Bertz CT molecular complexity index is 811. The SMILES string of the molecule is CCc1cc(N2CCN(C(=O)CC3CCCCC3)CC2)nc(-c2ccccn2)n1. The molecule has 2 aromatic rings. The Balaban J connectivity index is 1.41. The molecule has 154 valence electrons. The van der Waals surface area contributed by atoms with Crippen molar-refractivity contribution in [2.24, 2.45) is 5.92 Å². The Morgan fingerprint density at radius 1 is 1.07 bits per heavy atom. The fourth-order valence-corrected chi connectivity index (χ4v) is 4.39. The summed E-state index contributed by atoms with van der Waals surface area (Å²) in [4.78, 5) is 30.9. The van der Waals surface area contributed by atoms with Gasteiger partial charge in [-0.3, -0.25) is 9.78 Å². The van der Waals surface area contributed by atoms with Gasteiger partial charge in [0.2, 0.25) is 5.91 Å². The molecule has 1 aliphatic heterocycles. The van der Waals surface area contributed by atoms with Crippen molar-refractivity contribution in [1.29, 1.82) is 0 Å². The molecular weight excluding hydrogens is 362 g/mol. The van der Waals surface area contributed by atoms with Gasteiger partial charge in [0.25, 0.3) is 0 Å². The molecule has 29 heavy (non-hydrogen) atoms. The van der Waals surface area contributed by atoms with Crippen LogP contribution in [0.2, 0.25) is 0 Å². The molecule has 3 heterocycles. The summed E-state index contributed by atoms with van der Waals surface area (Å²) in [6, 6.07) is 7.88. The summed E-state index contributed by atoms with van der Waals surface area (Å²) in [7, 11) is 0. The average molecular weight is 394 g/mol. The first kappa shape index (κ1) is 19.8. The Labute approximate surface area is 173 Å². The van der Waals surface area contributed by atoms with Gasteiger partial charge >= 0.3 is 0 Å². The van der Waals surface area contributed by atoms with Crippen LogP contribution in [0.5, 0.6) is 0 Å². The number of aryl methyl sites for hydroxylation is 1. The van der Waals surface area contributed by atoms with Gasteiger partial charge in [0.15, 0.2) is 5.82 Å². The summed E-state index contributed by atoms with van der Waals surface area (Å²) in [6.07, 6.45) is 9.73. The quantitative estimate of drug-likeness (QED) is 0.775. The summed E-state index contributed by atoms with van der Waals surface area (Å²) in [6.45, 7) is 5.29. The summed E-state index contributed by atoms with van der Waals surface area (Å²) >= 11 is 0. The molecule has 0 aromatic carbocycles. The van der Waals surface area contributed by atoms with Crippen LogP contribution in [0.4, 0.5) is 5.82 Å². The summed E-state index contributed by atoms with van der Waals surface area (Å²) in [5.41, 5.74) is 1.82. The molecule has 4 rings (SSSR count). The van der Waals surface area contributed by atoms with E-state index in [1.807, 2.05) is 23.1 Å². The minimum atomic E-state index is 0.336. The molecule has 1 saturated carbocycles. The lowest BCUT2D eigenvalue weighted by Gasteiger charge is -2.36. The molecule has 2 aliphatic rings. The number of anilines is 1. The van der Waals surface area contributed by atoms with Crippen molar-refractivity contribution in [3.63, 3.8) is 0 Å². The minimum Gasteiger partial charge on any atom is -0.353 e. The first-order chi connectivity index (χ1) is 14.2. The van der Waals surface area contributed by atoms with E-state index in [-0.39, 0.29) is 0 Å². The van der Waals surface area contributed by atoms with Crippen molar-refractivity contribution in [3.05, 3.63) is 36.2 Å². The van der Waals surface area contributed by atoms with Crippen LogP contribution in [0.3, 0.4) is 0 Å². The lowest BCUT2D eigenvalue weighted by molar-refractivity contribution is -0.132. The fraction of sp³-hybridized carbons (Fsp3) is 0.565. The van der Waals surface area contributed by atoms with Gasteiger partial charge in [-0.2, -0.15) is 0 Å². The highest BCUT2D eigenvalue weighted by Crippen LogP contribution is 2.27. The number of hydrogen-bond acceptors (Lipinski definition) is 5. The molecule has 0 unspecified atom stereocenters. The molecule has 0 radical (unpaired) electrons. The predicted octanol–water partition coefficient (Wildman–Crippen LogP) is 3.72.